The first kappa shape index (κ1) is 13.9. The lowest BCUT2D eigenvalue weighted by Crippen LogP contribution is -2.42. The Morgan fingerprint density at radius 2 is 1.57 bits per heavy atom. The van der Waals surface area contributed by atoms with Crippen LogP contribution in [0.15, 0.2) is 0 Å². The van der Waals surface area contributed by atoms with Gasteiger partial charge in [0, 0.05) is 0 Å². The molecule has 1 atom stereocenters. The van der Waals surface area contributed by atoms with Gasteiger partial charge in [-0.25, -0.2) is 0 Å². The van der Waals surface area contributed by atoms with Crippen molar-refractivity contribution in [1.82, 2.24) is 0 Å². The average molecular weight is 201 g/mol. The van der Waals surface area contributed by atoms with Gasteiger partial charge in [0.1, 0.15) is 0 Å². The monoisotopic (exact) mass is 201 g/mol. The number of unbranched alkanes of at least 4 members (excludes halogenated alkanes) is 4. The molecular formula is C12H27NO. The summed E-state index contributed by atoms with van der Waals surface area (Å²) in [5.74, 6) is 0. The Hall–Kier alpha value is -0.0800. The van der Waals surface area contributed by atoms with Crippen molar-refractivity contribution in [1.29, 1.82) is 0 Å². The largest absolute Gasteiger partial charge is 0.633 e. The second-order valence-electron chi connectivity index (χ2n) is 4.70. The molecular weight excluding hydrogens is 174 g/mol. The molecule has 1 unspecified atom stereocenters. The molecule has 0 heterocycles. The van der Waals surface area contributed by atoms with E-state index in [0.29, 0.717) is 6.04 Å². The molecule has 0 saturated heterocycles. The van der Waals surface area contributed by atoms with Crippen LogP contribution in [0.5, 0.6) is 0 Å². The molecule has 0 spiro atoms. The zero-order valence-corrected chi connectivity index (χ0v) is 10.4. The summed E-state index contributed by atoms with van der Waals surface area (Å²) >= 11 is 0. The Balaban J connectivity index is 3.54. The van der Waals surface area contributed by atoms with Crippen LogP contribution in [0, 0.1) is 5.21 Å². The van der Waals surface area contributed by atoms with Crippen LogP contribution in [0.25, 0.3) is 0 Å². The fourth-order valence-corrected chi connectivity index (χ4v) is 1.94. The summed E-state index contributed by atoms with van der Waals surface area (Å²) in [5.41, 5.74) is 0. The highest BCUT2D eigenvalue weighted by atomic mass is 16.5. The van der Waals surface area contributed by atoms with Crippen LogP contribution in [-0.2, 0) is 0 Å². The van der Waals surface area contributed by atoms with Gasteiger partial charge in [-0.05, 0) is 19.3 Å². The molecule has 0 aromatic carbocycles. The summed E-state index contributed by atoms with van der Waals surface area (Å²) in [5, 5.41) is 11.7. The summed E-state index contributed by atoms with van der Waals surface area (Å²) in [6, 6.07) is 0.302. The smallest absolute Gasteiger partial charge is 0.0880 e. The van der Waals surface area contributed by atoms with Crippen LogP contribution < -0.4 is 0 Å². The molecule has 14 heavy (non-hydrogen) atoms. The van der Waals surface area contributed by atoms with Crippen LogP contribution in [0.4, 0.5) is 0 Å². The van der Waals surface area contributed by atoms with Crippen molar-refractivity contribution in [2.75, 3.05) is 14.1 Å². The van der Waals surface area contributed by atoms with E-state index in [0.717, 1.165) is 12.8 Å². The summed E-state index contributed by atoms with van der Waals surface area (Å²) in [7, 11) is 3.53. The highest BCUT2D eigenvalue weighted by molar-refractivity contribution is 4.57. The van der Waals surface area contributed by atoms with Crippen LogP contribution in [0.1, 0.15) is 58.8 Å². The number of nitrogens with zero attached hydrogens (tertiary/aromatic N) is 1. The second kappa shape index (κ2) is 7.24. The minimum Gasteiger partial charge on any atom is -0.633 e. The molecule has 0 amide bonds. The van der Waals surface area contributed by atoms with Gasteiger partial charge < -0.3 is 9.85 Å². The molecule has 0 radical (unpaired) electrons. The van der Waals surface area contributed by atoms with Gasteiger partial charge in [-0.1, -0.05) is 39.5 Å². The van der Waals surface area contributed by atoms with Crippen molar-refractivity contribution in [2.24, 2.45) is 0 Å². The third-order valence-corrected chi connectivity index (χ3v) is 2.99. The van der Waals surface area contributed by atoms with E-state index in [-0.39, 0.29) is 4.65 Å². The predicted molar refractivity (Wildman–Crippen MR) is 62.9 cm³/mol. The highest BCUT2D eigenvalue weighted by Crippen LogP contribution is 2.16. The van der Waals surface area contributed by atoms with Gasteiger partial charge in [-0.3, -0.25) is 0 Å². The molecule has 0 aromatic heterocycles. The first-order valence-electron chi connectivity index (χ1n) is 6.07. The average Bonchev–Trinajstić information content (AvgIpc) is 2.09. The van der Waals surface area contributed by atoms with Crippen molar-refractivity contribution in [3.8, 4) is 0 Å². The molecule has 0 saturated carbocycles. The van der Waals surface area contributed by atoms with Crippen molar-refractivity contribution >= 4 is 0 Å². The van der Waals surface area contributed by atoms with Crippen molar-refractivity contribution in [3.05, 3.63) is 5.21 Å². The summed E-state index contributed by atoms with van der Waals surface area (Å²) in [6.07, 6.45) is 8.58. The predicted octanol–water partition coefficient (Wildman–Crippen LogP) is 3.70. The van der Waals surface area contributed by atoms with Gasteiger partial charge in [-0.15, -0.1) is 0 Å². The molecule has 0 aliphatic rings. The van der Waals surface area contributed by atoms with E-state index in [1.54, 1.807) is 14.1 Å². The lowest BCUT2D eigenvalue weighted by atomic mass is 10.0. The van der Waals surface area contributed by atoms with Gasteiger partial charge in [0.15, 0.2) is 0 Å². The fraction of sp³-hybridized carbons (Fsp3) is 1.00. The van der Waals surface area contributed by atoms with Crippen LogP contribution in [0.3, 0.4) is 0 Å². The van der Waals surface area contributed by atoms with E-state index in [1.807, 2.05) is 0 Å². The third kappa shape index (κ3) is 6.39. The Morgan fingerprint density at radius 1 is 1.00 bits per heavy atom. The van der Waals surface area contributed by atoms with Crippen LogP contribution in [-0.4, -0.2) is 24.8 Å². The number of hydroxylamine groups is 3. The molecule has 0 aliphatic heterocycles. The Morgan fingerprint density at radius 3 is 2.00 bits per heavy atom. The minimum atomic E-state index is -0.121. The van der Waals surface area contributed by atoms with Crippen LogP contribution >= 0.6 is 0 Å². The van der Waals surface area contributed by atoms with E-state index in [1.165, 1.54) is 32.1 Å². The molecule has 2 nitrogen and oxygen atoms in total. The van der Waals surface area contributed by atoms with Gasteiger partial charge >= 0.3 is 0 Å². The molecule has 86 valence electrons. The van der Waals surface area contributed by atoms with E-state index in [9.17, 15) is 5.21 Å². The van der Waals surface area contributed by atoms with Crippen molar-refractivity contribution in [2.45, 2.75) is 64.8 Å². The van der Waals surface area contributed by atoms with E-state index < -0.39 is 0 Å². The first-order valence-corrected chi connectivity index (χ1v) is 6.07. The van der Waals surface area contributed by atoms with Crippen molar-refractivity contribution < 1.29 is 4.65 Å². The maximum absolute atomic E-state index is 11.7. The van der Waals surface area contributed by atoms with Gasteiger partial charge in [-0.2, -0.15) is 0 Å². The Labute approximate surface area is 89.5 Å². The molecule has 0 aliphatic carbocycles. The third-order valence-electron chi connectivity index (χ3n) is 2.99. The second-order valence-corrected chi connectivity index (χ2v) is 4.70. The zero-order chi connectivity index (χ0) is 11.0. The number of hydrogen-bond donors (Lipinski definition) is 0. The summed E-state index contributed by atoms with van der Waals surface area (Å²) < 4.78 is -0.121. The Kier molecular flexibility index (Phi) is 7.20. The molecule has 0 aromatic rings. The Bertz CT molecular complexity index is 129. The van der Waals surface area contributed by atoms with Gasteiger partial charge in [0.25, 0.3) is 0 Å². The maximum atomic E-state index is 11.7. The lowest BCUT2D eigenvalue weighted by Gasteiger charge is -2.41. The van der Waals surface area contributed by atoms with Crippen molar-refractivity contribution in [3.63, 3.8) is 0 Å². The number of hydrogen-bond acceptors (Lipinski definition) is 1. The maximum Gasteiger partial charge on any atom is 0.0880 e. The quantitative estimate of drug-likeness (QED) is 0.333. The van der Waals surface area contributed by atoms with E-state index in [4.69, 9.17) is 0 Å². The van der Waals surface area contributed by atoms with E-state index >= 15 is 0 Å². The van der Waals surface area contributed by atoms with E-state index in [2.05, 4.69) is 13.8 Å². The first-order chi connectivity index (χ1) is 6.52. The highest BCUT2D eigenvalue weighted by Gasteiger charge is 2.16. The normalized spacial score (nSPS) is 14.4. The molecule has 0 N–H and O–H groups in total. The summed E-state index contributed by atoms with van der Waals surface area (Å²) in [4.78, 5) is 0. The fourth-order valence-electron chi connectivity index (χ4n) is 1.94. The zero-order valence-electron chi connectivity index (χ0n) is 10.4. The standard InChI is InChI=1S/C12H27NO/c1-5-7-8-9-10-11-12(6-2)13(3,4)14/h12H,5-11H2,1-4H3. The minimum absolute atomic E-state index is 0.121. The number of rotatable bonds is 8. The number of quaternary nitrogens is 1. The topological polar surface area (TPSA) is 23.1 Å². The summed E-state index contributed by atoms with van der Waals surface area (Å²) in [6.45, 7) is 4.35. The lowest BCUT2D eigenvalue weighted by molar-refractivity contribution is -0.867. The molecule has 0 fully saturated rings. The molecule has 0 bridgehead atoms. The van der Waals surface area contributed by atoms with Gasteiger partial charge in [0.2, 0.25) is 0 Å². The molecule has 0 rings (SSSR count). The molecule has 2 heteroatoms. The van der Waals surface area contributed by atoms with Gasteiger partial charge in [0.05, 0.1) is 20.1 Å². The van der Waals surface area contributed by atoms with Crippen LogP contribution in [0.2, 0.25) is 0 Å². The SMILES string of the molecule is CCCCCCCC(CC)[N+](C)(C)[O-].